The maximum atomic E-state index is 12.5. The standard InChI is InChI=1S/C14H22O/c1-10-5-6-11-7-8-13(2,3)12(15)14(11,4)9-10/h5,11H,6-9H2,1-4H3/t11-,14-/m1/s1. The fourth-order valence-corrected chi connectivity index (χ4v) is 3.52. The lowest BCUT2D eigenvalue weighted by atomic mass is 9.54. The molecule has 0 aromatic rings. The minimum Gasteiger partial charge on any atom is -0.298 e. The first-order valence-electron chi connectivity index (χ1n) is 6.07. The Bertz CT molecular complexity index is 324. The number of Topliss-reactive ketones (excluding diaryl/α,β-unsaturated/α-hetero) is 1. The fraction of sp³-hybridized carbons (Fsp3) is 0.786. The van der Waals surface area contributed by atoms with E-state index < -0.39 is 0 Å². The van der Waals surface area contributed by atoms with Crippen LogP contribution in [0.25, 0.3) is 0 Å². The quantitative estimate of drug-likeness (QED) is 0.552. The average Bonchev–Trinajstić information content (AvgIpc) is 2.13. The zero-order valence-electron chi connectivity index (χ0n) is 10.4. The molecular weight excluding hydrogens is 184 g/mol. The van der Waals surface area contributed by atoms with Crippen molar-refractivity contribution in [2.24, 2.45) is 16.7 Å². The van der Waals surface area contributed by atoms with E-state index in [1.54, 1.807) is 0 Å². The van der Waals surface area contributed by atoms with Gasteiger partial charge in [0.1, 0.15) is 5.78 Å². The molecule has 1 nitrogen and oxygen atoms in total. The largest absolute Gasteiger partial charge is 0.298 e. The van der Waals surface area contributed by atoms with Gasteiger partial charge in [-0.1, -0.05) is 32.4 Å². The Morgan fingerprint density at radius 3 is 2.67 bits per heavy atom. The van der Waals surface area contributed by atoms with Crippen molar-refractivity contribution in [3.05, 3.63) is 11.6 Å². The molecule has 1 fully saturated rings. The first kappa shape index (κ1) is 10.9. The maximum Gasteiger partial charge on any atom is 0.144 e. The summed E-state index contributed by atoms with van der Waals surface area (Å²) in [6, 6.07) is 0. The molecule has 1 heteroatoms. The molecule has 2 atom stereocenters. The molecule has 0 radical (unpaired) electrons. The molecule has 0 aromatic carbocycles. The van der Waals surface area contributed by atoms with E-state index in [-0.39, 0.29) is 10.8 Å². The van der Waals surface area contributed by atoms with E-state index in [2.05, 4.69) is 33.8 Å². The Balaban J connectivity index is 2.36. The third kappa shape index (κ3) is 1.56. The van der Waals surface area contributed by atoms with Gasteiger partial charge in [-0.3, -0.25) is 4.79 Å². The second-order valence-corrected chi connectivity index (χ2v) is 6.33. The molecule has 15 heavy (non-hydrogen) atoms. The van der Waals surface area contributed by atoms with E-state index in [4.69, 9.17) is 0 Å². The number of allylic oxidation sites excluding steroid dienone is 2. The van der Waals surface area contributed by atoms with Crippen molar-refractivity contribution in [3.8, 4) is 0 Å². The van der Waals surface area contributed by atoms with Crippen LogP contribution in [0.4, 0.5) is 0 Å². The molecule has 2 rings (SSSR count). The lowest BCUT2D eigenvalue weighted by Gasteiger charge is -2.48. The topological polar surface area (TPSA) is 17.1 Å². The van der Waals surface area contributed by atoms with Crippen LogP contribution in [0.5, 0.6) is 0 Å². The Kier molecular flexibility index (Phi) is 2.33. The van der Waals surface area contributed by atoms with Gasteiger partial charge in [-0.2, -0.15) is 0 Å². The van der Waals surface area contributed by atoms with Crippen molar-refractivity contribution in [2.45, 2.75) is 53.4 Å². The zero-order chi connectivity index (χ0) is 11.3. The van der Waals surface area contributed by atoms with E-state index in [1.807, 2.05) is 0 Å². The minimum absolute atomic E-state index is 0.0689. The highest BCUT2D eigenvalue weighted by atomic mass is 16.1. The lowest BCUT2D eigenvalue weighted by molar-refractivity contribution is -0.145. The van der Waals surface area contributed by atoms with E-state index in [0.29, 0.717) is 11.7 Å². The predicted octanol–water partition coefficient (Wildman–Crippen LogP) is 3.74. The van der Waals surface area contributed by atoms with Crippen molar-refractivity contribution >= 4 is 5.78 Å². The second kappa shape index (κ2) is 3.20. The van der Waals surface area contributed by atoms with Gasteiger partial charge >= 0.3 is 0 Å². The van der Waals surface area contributed by atoms with Gasteiger partial charge in [0.15, 0.2) is 0 Å². The zero-order valence-corrected chi connectivity index (χ0v) is 10.4. The molecule has 0 spiro atoms. The van der Waals surface area contributed by atoms with Crippen molar-refractivity contribution in [3.63, 3.8) is 0 Å². The van der Waals surface area contributed by atoms with E-state index in [1.165, 1.54) is 12.0 Å². The second-order valence-electron chi connectivity index (χ2n) is 6.33. The van der Waals surface area contributed by atoms with Crippen LogP contribution in [-0.4, -0.2) is 5.78 Å². The summed E-state index contributed by atoms with van der Waals surface area (Å²) in [5.74, 6) is 1.10. The molecule has 0 bridgehead atoms. The molecule has 0 aliphatic heterocycles. The molecular formula is C14H22O. The van der Waals surface area contributed by atoms with Crippen molar-refractivity contribution in [1.29, 1.82) is 0 Å². The Morgan fingerprint density at radius 2 is 2.00 bits per heavy atom. The molecule has 84 valence electrons. The summed E-state index contributed by atoms with van der Waals surface area (Å²) in [7, 11) is 0. The summed E-state index contributed by atoms with van der Waals surface area (Å²) in [6.07, 6.45) is 6.72. The molecule has 0 N–H and O–H groups in total. The third-order valence-corrected chi connectivity index (χ3v) is 4.55. The summed E-state index contributed by atoms with van der Waals surface area (Å²) in [5, 5.41) is 0. The number of rotatable bonds is 0. The van der Waals surface area contributed by atoms with Crippen LogP contribution in [0.15, 0.2) is 11.6 Å². The maximum absolute atomic E-state index is 12.5. The smallest absolute Gasteiger partial charge is 0.144 e. The summed E-state index contributed by atoms with van der Waals surface area (Å²) in [6.45, 7) is 8.59. The first-order valence-corrected chi connectivity index (χ1v) is 6.07. The molecule has 2 aliphatic rings. The number of hydrogen-bond acceptors (Lipinski definition) is 1. The van der Waals surface area contributed by atoms with Crippen LogP contribution in [-0.2, 0) is 4.79 Å². The van der Waals surface area contributed by atoms with Gasteiger partial charge in [-0.05, 0) is 38.5 Å². The molecule has 0 saturated heterocycles. The van der Waals surface area contributed by atoms with Crippen LogP contribution >= 0.6 is 0 Å². The number of carbonyl (C=O) groups is 1. The van der Waals surface area contributed by atoms with Crippen LogP contribution in [0.2, 0.25) is 0 Å². The predicted molar refractivity (Wildman–Crippen MR) is 62.6 cm³/mol. The highest BCUT2D eigenvalue weighted by Gasteiger charge is 2.51. The Morgan fingerprint density at radius 1 is 1.33 bits per heavy atom. The van der Waals surface area contributed by atoms with Crippen LogP contribution in [0.1, 0.15) is 53.4 Å². The van der Waals surface area contributed by atoms with Crippen molar-refractivity contribution < 1.29 is 4.79 Å². The number of fused-ring (bicyclic) bond motifs is 1. The average molecular weight is 206 g/mol. The molecule has 0 amide bonds. The highest BCUT2D eigenvalue weighted by molar-refractivity contribution is 5.91. The van der Waals surface area contributed by atoms with Crippen molar-refractivity contribution in [1.82, 2.24) is 0 Å². The van der Waals surface area contributed by atoms with Gasteiger partial charge in [-0.25, -0.2) is 0 Å². The van der Waals surface area contributed by atoms with E-state index in [9.17, 15) is 4.79 Å². The van der Waals surface area contributed by atoms with Crippen LogP contribution in [0, 0.1) is 16.7 Å². The van der Waals surface area contributed by atoms with Gasteiger partial charge < -0.3 is 0 Å². The van der Waals surface area contributed by atoms with Crippen LogP contribution in [0.3, 0.4) is 0 Å². The summed E-state index contributed by atoms with van der Waals surface area (Å²) in [4.78, 5) is 12.5. The van der Waals surface area contributed by atoms with Gasteiger partial charge in [0.05, 0.1) is 0 Å². The number of ketones is 1. The normalized spacial score (nSPS) is 39.6. The minimum atomic E-state index is -0.0944. The Hall–Kier alpha value is -0.590. The fourth-order valence-electron chi connectivity index (χ4n) is 3.52. The highest BCUT2D eigenvalue weighted by Crippen LogP contribution is 2.52. The van der Waals surface area contributed by atoms with E-state index in [0.717, 1.165) is 19.3 Å². The summed E-state index contributed by atoms with van der Waals surface area (Å²) >= 11 is 0. The molecule has 0 unspecified atom stereocenters. The van der Waals surface area contributed by atoms with Gasteiger partial charge in [-0.15, -0.1) is 0 Å². The molecule has 2 aliphatic carbocycles. The monoisotopic (exact) mass is 206 g/mol. The molecule has 0 aromatic heterocycles. The van der Waals surface area contributed by atoms with Crippen molar-refractivity contribution in [2.75, 3.05) is 0 Å². The van der Waals surface area contributed by atoms with Gasteiger partial charge in [0.2, 0.25) is 0 Å². The Labute approximate surface area is 92.9 Å². The van der Waals surface area contributed by atoms with E-state index >= 15 is 0 Å². The molecule has 1 saturated carbocycles. The SMILES string of the molecule is CC1=CC[C@@H]2CCC(C)(C)C(=O)[C@]2(C)C1. The molecule has 0 heterocycles. The van der Waals surface area contributed by atoms with Gasteiger partial charge in [0.25, 0.3) is 0 Å². The lowest BCUT2D eigenvalue weighted by Crippen LogP contribution is -2.49. The summed E-state index contributed by atoms with van der Waals surface area (Å²) in [5.41, 5.74) is 1.24. The first-order chi connectivity index (χ1) is 6.86. The third-order valence-electron chi connectivity index (χ3n) is 4.55. The number of hydrogen-bond donors (Lipinski definition) is 0. The van der Waals surface area contributed by atoms with Gasteiger partial charge in [0, 0.05) is 10.8 Å². The number of carbonyl (C=O) groups excluding carboxylic acids is 1. The van der Waals surface area contributed by atoms with Crippen LogP contribution < -0.4 is 0 Å². The summed E-state index contributed by atoms with van der Waals surface area (Å²) < 4.78 is 0.